The van der Waals surface area contributed by atoms with Crippen LogP contribution in [-0.2, 0) is 10.0 Å². The quantitative estimate of drug-likeness (QED) is 0.707. The fraction of sp³-hybridized carbons (Fsp3) is 0.474. The number of sulfonamides is 1. The summed E-state index contributed by atoms with van der Waals surface area (Å²) in [5.41, 5.74) is 2.81. The first kappa shape index (κ1) is 19.6. The molecule has 1 saturated heterocycles. The topological polar surface area (TPSA) is 87.2 Å². The average molecular weight is 390 g/mol. The highest BCUT2D eigenvalue weighted by Gasteiger charge is 2.17. The van der Waals surface area contributed by atoms with Crippen molar-refractivity contribution in [3.05, 3.63) is 41.2 Å². The first-order valence-electron chi connectivity index (χ1n) is 9.25. The Morgan fingerprint density at radius 3 is 2.41 bits per heavy atom. The van der Waals surface area contributed by atoms with Crippen molar-refractivity contribution in [2.75, 3.05) is 36.4 Å². The standard InChI is InChI=1S/C19H27N5O2S/c1-14-10-16(3)17(11-15(14)2)27(25,26)23-7-6-20-18-12-19(22-13-21-18)24-8-4-5-9-24/h10-13,23H,4-9H2,1-3H3,(H,20,21,22). The number of rotatable bonds is 7. The molecule has 0 radical (unpaired) electrons. The number of nitrogens with zero attached hydrogens (tertiary/aromatic N) is 3. The van der Waals surface area contributed by atoms with Crippen LogP contribution in [0.25, 0.3) is 0 Å². The first-order valence-corrected chi connectivity index (χ1v) is 10.7. The second-order valence-corrected chi connectivity index (χ2v) is 8.72. The Bertz CT molecular complexity index is 908. The summed E-state index contributed by atoms with van der Waals surface area (Å²) in [5.74, 6) is 1.62. The summed E-state index contributed by atoms with van der Waals surface area (Å²) in [6.45, 7) is 8.48. The molecule has 146 valence electrons. The summed E-state index contributed by atoms with van der Waals surface area (Å²) >= 11 is 0. The van der Waals surface area contributed by atoms with Gasteiger partial charge >= 0.3 is 0 Å². The normalized spacial score (nSPS) is 14.6. The molecule has 1 aromatic heterocycles. The van der Waals surface area contributed by atoms with Crippen molar-refractivity contribution in [3.8, 4) is 0 Å². The number of benzene rings is 1. The highest BCUT2D eigenvalue weighted by Crippen LogP contribution is 2.20. The van der Waals surface area contributed by atoms with E-state index in [-0.39, 0.29) is 6.54 Å². The largest absolute Gasteiger partial charge is 0.369 e. The molecule has 0 amide bonds. The average Bonchev–Trinajstić information content (AvgIpc) is 3.17. The summed E-state index contributed by atoms with van der Waals surface area (Å²) in [4.78, 5) is 11.1. The zero-order valence-electron chi connectivity index (χ0n) is 16.1. The number of nitrogens with one attached hydrogen (secondary N) is 2. The van der Waals surface area contributed by atoms with E-state index in [1.165, 1.54) is 12.8 Å². The van der Waals surface area contributed by atoms with Crippen molar-refractivity contribution in [2.24, 2.45) is 0 Å². The van der Waals surface area contributed by atoms with E-state index >= 15 is 0 Å². The van der Waals surface area contributed by atoms with Crippen LogP contribution < -0.4 is 14.9 Å². The third-order valence-electron chi connectivity index (χ3n) is 4.89. The van der Waals surface area contributed by atoms with E-state index < -0.39 is 10.0 Å². The van der Waals surface area contributed by atoms with Gasteiger partial charge in [-0.05, 0) is 56.4 Å². The molecule has 0 bridgehead atoms. The lowest BCUT2D eigenvalue weighted by atomic mass is 10.1. The van der Waals surface area contributed by atoms with E-state index in [0.717, 1.165) is 35.6 Å². The van der Waals surface area contributed by atoms with Crippen molar-refractivity contribution in [2.45, 2.75) is 38.5 Å². The Balaban J connectivity index is 1.57. The van der Waals surface area contributed by atoms with Gasteiger partial charge in [-0.3, -0.25) is 0 Å². The lowest BCUT2D eigenvalue weighted by Crippen LogP contribution is -2.29. The minimum atomic E-state index is -3.54. The third-order valence-corrected chi connectivity index (χ3v) is 6.49. The maximum absolute atomic E-state index is 12.6. The molecule has 2 N–H and O–H groups in total. The van der Waals surface area contributed by atoms with E-state index in [9.17, 15) is 8.42 Å². The highest BCUT2D eigenvalue weighted by molar-refractivity contribution is 7.89. The Kier molecular flexibility index (Phi) is 5.96. The monoisotopic (exact) mass is 389 g/mol. The number of aromatic nitrogens is 2. The van der Waals surface area contributed by atoms with Crippen LogP contribution in [0.15, 0.2) is 29.4 Å². The summed E-state index contributed by atoms with van der Waals surface area (Å²) in [6, 6.07) is 5.55. The molecule has 0 unspecified atom stereocenters. The summed E-state index contributed by atoms with van der Waals surface area (Å²) in [7, 11) is -3.54. The number of aryl methyl sites for hydroxylation is 3. The van der Waals surface area contributed by atoms with Gasteiger partial charge in [-0.25, -0.2) is 23.1 Å². The minimum absolute atomic E-state index is 0.276. The predicted molar refractivity (Wildman–Crippen MR) is 108 cm³/mol. The van der Waals surface area contributed by atoms with E-state index in [1.807, 2.05) is 32.9 Å². The van der Waals surface area contributed by atoms with Crippen LogP contribution in [0.2, 0.25) is 0 Å². The van der Waals surface area contributed by atoms with E-state index in [1.54, 1.807) is 12.4 Å². The fourth-order valence-corrected chi connectivity index (χ4v) is 4.58. The number of hydrogen-bond acceptors (Lipinski definition) is 6. The SMILES string of the molecule is Cc1cc(C)c(S(=O)(=O)NCCNc2cc(N3CCCC3)ncn2)cc1C. The Morgan fingerprint density at radius 1 is 0.963 bits per heavy atom. The lowest BCUT2D eigenvalue weighted by Gasteiger charge is -2.16. The minimum Gasteiger partial charge on any atom is -0.369 e. The van der Waals surface area contributed by atoms with Crippen LogP contribution in [0.5, 0.6) is 0 Å². The summed E-state index contributed by atoms with van der Waals surface area (Å²) < 4.78 is 27.8. The number of hydrogen-bond donors (Lipinski definition) is 2. The highest BCUT2D eigenvalue weighted by atomic mass is 32.2. The van der Waals surface area contributed by atoms with Gasteiger partial charge < -0.3 is 10.2 Å². The van der Waals surface area contributed by atoms with Gasteiger partial charge in [-0.1, -0.05) is 6.07 Å². The number of anilines is 2. The van der Waals surface area contributed by atoms with Gasteiger partial charge in [0, 0.05) is 32.2 Å². The molecule has 2 aromatic rings. The molecule has 8 heteroatoms. The predicted octanol–water partition coefficient (Wildman–Crippen LogP) is 2.39. The Hall–Kier alpha value is -2.19. The van der Waals surface area contributed by atoms with Gasteiger partial charge in [-0.15, -0.1) is 0 Å². The van der Waals surface area contributed by atoms with Gasteiger partial charge in [0.2, 0.25) is 10.0 Å². The second kappa shape index (κ2) is 8.22. The van der Waals surface area contributed by atoms with Crippen LogP contribution in [0.4, 0.5) is 11.6 Å². The molecule has 0 saturated carbocycles. The lowest BCUT2D eigenvalue weighted by molar-refractivity contribution is 0.582. The van der Waals surface area contributed by atoms with Crippen molar-refractivity contribution < 1.29 is 8.42 Å². The fourth-order valence-electron chi connectivity index (χ4n) is 3.24. The molecular formula is C19H27N5O2S. The van der Waals surface area contributed by atoms with Crippen molar-refractivity contribution in [1.29, 1.82) is 0 Å². The van der Waals surface area contributed by atoms with E-state index in [0.29, 0.717) is 17.3 Å². The molecule has 2 heterocycles. The molecule has 0 spiro atoms. The van der Waals surface area contributed by atoms with Gasteiger partial charge in [0.1, 0.15) is 18.0 Å². The van der Waals surface area contributed by atoms with Gasteiger partial charge in [0.25, 0.3) is 0 Å². The Morgan fingerprint density at radius 2 is 1.67 bits per heavy atom. The Labute approximate surface area is 161 Å². The molecular weight excluding hydrogens is 362 g/mol. The zero-order chi connectivity index (χ0) is 19.4. The molecule has 1 aliphatic rings. The maximum Gasteiger partial charge on any atom is 0.240 e. The molecule has 1 aliphatic heterocycles. The summed E-state index contributed by atoms with van der Waals surface area (Å²) in [6.07, 6.45) is 3.91. The first-order chi connectivity index (χ1) is 12.9. The van der Waals surface area contributed by atoms with Crippen molar-refractivity contribution in [3.63, 3.8) is 0 Å². The zero-order valence-corrected chi connectivity index (χ0v) is 16.9. The van der Waals surface area contributed by atoms with Gasteiger partial charge in [0.05, 0.1) is 4.90 Å². The molecule has 27 heavy (non-hydrogen) atoms. The maximum atomic E-state index is 12.6. The van der Waals surface area contributed by atoms with Crippen LogP contribution in [0, 0.1) is 20.8 Å². The van der Waals surface area contributed by atoms with Crippen LogP contribution in [-0.4, -0.2) is 44.6 Å². The van der Waals surface area contributed by atoms with Gasteiger partial charge in [0.15, 0.2) is 0 Å². The third kappa shape index (κ3) is 4.75. The molecule has 0 atom stereocenters. The molecule has 7 nitrogen and oxygen atoms in total. The van der Waals surface area contributed by atoms with Crippen molar-refractivity contribution >= 4 is 21.7 Å². The molecule has 0 aliphatic carbocycles. The van der Waals surface area contributed by atoms with Gasteiger partial charge in [-0.2, -0.15) is 0 Å². The van der Waals surface area contributed by atoms with E-state index in [4.69, 9.17) is 0 Å². The van der Waals surface area contributed by atoms with Crippen LogP contribution in [0.3, 0.4) is 0 Å². The second-order valence-electron chi connectivity index (χ2n) is 6.98. The smallest absolute Gasteiger partial charge is 0.240 e. The van der Waals surface area contributed by atoms with E-state index in [2.05, 4.69) is 24.9 Å². The van der Waals surface area contributed by atoms with Crippen molar-refractivity contribution in [1.82, 2.24) is 14.7 Å². The molecule has 1 fully saturated rings. The van der Waals surface area contributed by atoms with Crippen LogP contribution >= 0.6 is 0 Å². The van der Waals surface area contributed by atoms with Crippen LogP contribution in [0.1, 0.15) is 29.5 Å². The molecule has 1 aromatic carbocycles. The molecule has 3 rings (SSSR count). The summed E-state index contributed by atoms with van der Waals surface area (Å²) in [5, 5.41) is 3.16.